The molecule has 1 N–H and O–H groups in total. The Hall–Kier alpha value is -2.63. The lowest BCUT2D eigenvalue weighted by Gasteiger charge is -2.25. The Morgan fingerprint density at radius 2 is 1.69 bits per heavy atom. The summed E-state index contributed by atoms with van der Waals surface area (Å²) in [5.41, 5.74) is 1.48. The summed E-state index contributed by atoms with van der Waals surface area (Å²) in [5, 5.41) is 7.66. The minimum absolute atomic E-state index is 0.0119. The second-order valence-corrected chi connectivity index (χ2v) is 9.61. The number of hydrogen-bond donors (Lipinski definition) is 1. The van der Waals surface area contributed by atoms with E-state index in [1.54, 1.807) is 9.58 Å². The molecule has 0 saturated heterocycles. The van der Waals surface area contributed by atoms with Gasteiger partial charge in [-0.25, -0.2) is 4.68 Å². The van der Waals surface area contributed by atoms with Crippen molar-refractivity contribution < 1.29 is 9.59 Å². The molecule has 0 bridgehead atoms. The van der Waals surface area contributed by atoms with Gasteiger partial charge in [-0.05, 0) is 24.5 Å². The molecule has 0 spiro atoms. The number of carbonyl (C=O) groups excluding carboxylic acids is 2. The van der Waals surface area contributed by atoms with Gasteiger partial charge in [0.15, 0.2) is 0 Å². The van der Waals surface area contributed by atoms with Crippen LogP contribution in [0, 0.1) is 5.41 Å². The van der Waals surface area contributed by atoms with E-state index < -0.39 is 0 Å². The molecule has 0 aliphatic rings. The molecule has 2 amide bonds. The topological polar surface area (TPSA) is 67.2 Å². The van der Waals surface area contributed by atoms with Crippen LogP contribution in [0.2, 0.25) is 0 Å². The summed E-state index contributed by atoms with van der Waals surface area (Å²) in [6, 6.07) is 11.6. The highest BCUT2D eigenvalue weighted by Crippen LogP contribution is 2.26. The second-order valence-electron chi connectivity index (χ2n) is 9.61. The molecule has 1 heterocycles. The van der Waals surface area contributed by atoms with Crippen LogP contribution in [-0.4, -0.2) is 39.6 Å². The van der Waals surface area contributed by atoms with Crippen LogP contribution in [0.1, 0.15) is 60.6 Å². The number of carbonyl (C=O) groups is 2. The maximum absolute atomic E-state index is 12.7. The molecule has 1 aromatic heterocycles. The number of para-hydroxylation sites is 1. The van der Waals surface area contributed by atoms with Crippen LogP contribution in [0.5, 0.6) is 0 Å². The fourth-order valence-corrected chi connectivity index (χ4v) is 2.90. The Bertz CT molecular complexity index is 842. The number of benzene rings is 1. The van der Waals surface area contributed by atoms with E-state index in [9.17, 15) is 9.59 Å². The number of likely N-dealkylation sites (N-methyl/N-ethyl adjacent to an activating group) is 1. The first kappa shape index (κ1) is 22.7. The van der Waals surface area contributed by atoms with Gasteiger partial charge < -0.3 is 10.2 Å². The van der Waals surface area contributed by atoms with Crippen LogP contribution < -0.4 is 5.32 Å². The lowest BCUT2D eigenvalue weighted by molar-refractivity contribution is -0.136. The number of nitrogens with one attached hydrogen (secondary N) is 1. The zero-order valence-corrected chi connectivity index (χ0v) is 18.7. The molecule has 1 aromatic carbocycles. The summed E-state index contributed by atoms with van der Waals surface area (Å²) < 4.78 is 1.74. The standard InChI is InChI=1S/C23H34N4O2/c1-8-26(21(29)15-22(2,3)4)16-20(28)24-19-14-18(23(5,6)7)25-27(19)17-12-10-9-11-13-17/h9-14H,8,15-16H2,1-7H3,(H,24,28). The quantitative estimate of drug-likeness (QED) is 0.784. The monoisotopic (exact) mass is 398 g/mol. The maximum Gasteiger partial charge on any atom is 0.245 e. The largest absolute Gasteiger partial charge is 0.334 e. The van der Waals surface area contributed by atoms with Crippen molar-refractivity contribution in [3.05, 3.63) is 42.1 Å². The van der Waals surface area contributed by atoms with Crippen molar-refractivity contribution in [2.24, 2.45) is 5.41 Å². The van der Waals surface area contributed by atoms with Crippen molar-refractivity contribution in [1.29, 1.82) is 0 Å². The van der Waals surface area contributed by atoms with Gasteiger partial charge in [0.05, 0.1) is 17.9 Å². The van der Waals surface area contributed by atoms with E-state index >= 15 is 0 Å². The Kier molecular flexibility index (Phi) is 6.88. The molecule has 29 heavy (non-hydrogen) atoms. The first-order valence-electron chi connectivity index (χ1n) is 10.1. The molecule has 2 aromatic rings. The molecule has 6 nitrogen and oxygen atoms in total. The molecule has 0 fully saturated rings. The van der Waals surface area contributed by atoms with Crippen molar-refractivity contribution in [2.45, 2.75) is 60.3 Å². The summed E-state index contributed by atoms with van der Waals surface area (Å²) in [5.74, 6) is 0.360. The van der Waals surface area contributed by atoms with E-state index in [1.807, 2.05) is 64.1 Å². The molecular weight excluding hydrogens is 364 g/mol. The highest BCUT2D eigenvalue weighted by Gasteiger charge is 2.24. The lowest BCUT2D eigenvalue weighted by atomic mass is 9.91. The minimum Gasteiger partial charge on any atom is -0.334 e. The molecule has 158 valence electrons. The smallest absolute Gasteiger partial charge is 0.245 e. The zero-order chi connectivity index (χ0) is 21.8. The first-order valence-corrected chi connectivity index (χ1v) is 10.1. The van der Waals surface area contributed by atoms with Gasteiger partial charge in [-0.1, -0.05) is 59.7 Å². The molecule has 2 rings (SSSR count). The summed E-state index contributed by atoms with van der Waals surface area (Å²) in [4.78, 5) is 26.9. The van der Waals surface area contributed by atoms with Gasteiger partial charge >= 0.3 is 0 Å². The van der Waals surface area contributed by atoms with Crippen LogP contribution in [0.15, 0.2) is 36.4 Å². The number of rotatable bonds is 6. The van der Waals surface area contributed by atoms with E-state index in [4.69, 9.17) is 5.10 Å². The Labute approximate surface area is 174 Å². The van der Waals surface area contributed by atoms with Crippen LogP contribution in [0.3, 0.4) is 0 Å². The van der Waals surface area contributed by atoms with Gasteiger partial charge in [-0.3, -0.25) is 9.59 Å². The van der Waals surface area contributed by atoms with E-state index in [0.29, 0.717) is 18.8 Å². The van der Waals surface area contributed by atoms with Crippen LogP contribution in [0.4, 0.5) is 5.82 Å². The molecule has 0 saturated carbocycles. The fourth-order valence-electron chi connectivity index (χ4n) is 2.90. The molecule has 0 aliphatic heterocycles. The maximum atomic E-state index is 12.7. The summed E-state index contributed by atoms with van der Waals surface area (Å²) >= 11 is 0. The van der Waals surface area contributed by atoms with E-state index in [2.05, 4.69) is 26.1 Å². The molecular formula is C23H34N4O2. The van der Waals surface area contributed by atoms with Crippen LogP contribution >= 0.6 is 0 Å². The molecule has 6 heteroatoms. The van der Waals surface area contributed by atoms with Gasteiger partial charge in [0.2, 0.25) is 11.8 Å². The number of hydrogen-bond acceptors (Lipinski definition) is 3. The zero-order valence-electron chi connectivity index (χ0n) is 18.7. The second kappa shape index (κ2) is 8.80. The number of nitrogens with zero attached hydrogens (tertiary/aromatic N) is 3. The van der Waals surface area contributed by atoms with Gasteiger partial charge in [-0.2, -0.15) is 5.10 Å². The van der Waals surface area contributed by atoms with Gasteiger partial charge in [0.1, 0.15) is 5.82 Å². The molecule has 0 atom stereocenters. The molecule has 0 unspecified atom stereocenters. The predicted octanol–water partition coefficient (Wildman–Crippen LogP) is 4.39. The summed E-state index contributed by atoms with van der Waals surface area (Å²) in [7, 11) is 0. The van der Waals surface area contributed by atoms with E-state index in [1.165, 1.54) is 0 Å². The number of anilines is 1. The Balaban J connectivity index is 2.22. The van der Waals surface area contributed by atoms with E-state index in [0.717, 1.165) is 11.4 Å². The van der Waals surface area contributed by atoms with E-state index in [-0.39, 0.29) is 29.2 Å². The Morgan fingerprint density at radius 1 is 1.07 bits per heavy atom. The number of amides is 2. The van der Waals surface area contributed by atoms with Crippen molar-refractivity contribution >= 4 is 17.6 Å². The number of aromatic nitrogens is 2. The normalized spacial score (nSPS) is 12.0. The predicted molar refractivity (Wildman–Crippen MR) is 117 cm³/mol. The van der Waals surface area contributed by atoms with Crippen molar-refractivity contribution in [1.82, 2.24) is 14.7 Å². The van der Waals surface area contributed by atoms with Crippen molar-refractivity contribution in [3.63, 3.8) is 0 Å². The molecule has 0 aliphatic carbocycles. The SMILES string of the molecule is CCN(CC(=O)Nc1cc(C(C)(C)C)nn1-c1ccccc1)C(=O)CC(C)(C)C. The Morgan fingerprint density at radius 3 is 2.21 bits per heavy atom. The summed E-state index contributed by atoms with van der Waals surface area (Å²) in [6.07, 6.45) is 0.407. The third-order valence-corrected chi connectivity index (χ3v) is 4.50. The molecule has 0 radical (unpaired) electrons. The minimum atomic E-state index is -0.230. The van der Waals surface area contributed by atoms with Crippen molar-refractivity contribution in [2.75, 3.05) is 18.4 Å². The third-order valence-electron chi connectivity index (χ3n) is 4.50. The lowest BCUT2D eigenvalue weighted by Crippen LogP contribution is -2.39. The average Bonchev–Trinajstić information content (AvgIpc) is 3.03. The average molecular weight is 399 g/mol. The first-order chi connectivity index (χ1) is 13.4. The van der Waals surface area contributed by atoms with Gasteiger partial charge in [0.25, 0.3) is 0 Å². The van der Waals surface area contributed by atoms with Crippen LogP contribution in [0.25, 0.3) is 5.69 Å². The van der Waals surface area contributed by atoms with Gasteiger partial charge in [-0.15, -0.1) is 0 Å². The summed E-state index contributed by atoms with van der Waals surface area (Å²) in [6.45, 7) is 14.7. The third kappa shape index (κ3) is 6.44. The highest BCUT2D eigenvalue weighted by atomic mass is 16.2. The van der Waals surface area contributed by atoms with Crippen LogP contribution in [-0.2, 0) is 15.0 Å². The van der Waals surface area contributed by atoms with Crippen molar-refractivity contribution in [3.8, 4) is 5.69 Å². The van der Waals surface area contributed by atoms with Gasteiger partial charge in [0, 0.05) is 24.4 Å². The fraction of sp³-hybridized carbons (Fsp3) is 0.522. The highest BCUT2D eigenvalue weighted by molar-refractivity contribution is 5.94.